The first-order chi connectivity index (χ1) is 30.4. The monoisotopic (exact) mass is 930 g/mol. The third-order valence-corrected chi connectivity index (χ3v) is 14.8. The first-order valence-corrected chi connectivity index (χ1v) is 26.4. The number of hydrogen-bond acceptors (Lipinski definition) is 13. The van der Waals surface area contributed by atoms with Crippen molar-refractivity contribution in [1.29, 1.82) is 0 Å². The van der Waals surface area contributed by atoms with Crippen molar-refractivity contribution >= 4 is 58.6 Å². The van der Waals surface area contributed by atoms with Crippen LogP contribution in [0.1, 0.15) is 187 Å². The van der Waals surface area contributed by atoms with Crippen LogP contribution in [0.4, 0.5) is 4.79 Å². The van der Waals surface area contributed by atoms with Gasteiger partial charge in [-0.25, -0.2) is 4.79 Å². The first kappa shape index (κ1) is 57.0. The Morgan fingerprint density at radius 2 is 1.17 bits per heavy atom. The molecule has 3 aliphatic rings. The van der Waals surface area contributed by atoms with Crippen molar-refractivity contribution in [1.82, 2.24) is 16.0 Å². The minimum atomic E-state index is -1.35. The van der Waals surface area contributed by atoms with Gasteiger partial charge in [-0.05, 0) is 76.4 Å². The summed E-state index contributed by atoms with van der Waals surface area (Å²) in [6.45, 7) is 4.42. The smallest absolute Gasteiger partial charge is 0.315 e. The van der Waals surface area contributed by atoms with Gasteiger partial charge in [0.05, 0.1) is 18.7 Å². The highest BCUT2D eigenvalue weighted by Gasteiger charge is 2.44. The Hall–Kier alpha value is -2.08. The van der Waals surface area contributed by atoms with Crippen molar-refractivity contribution in [2.24, 2.45) is 0 Å². The van der Waals surface area contributed by atoms with E-state index in [2.05, 4.69) is 22.9 Å². The molecule has 3 fully saturated rings. The molecule has 364 valence electrons. The number of unbranched alkanes of at least 4 members (excludes halogenated alkanes) is 11. The van der Waals surface area contributed by atoms with Crippen molar-refractivity contribution in [3.05, 3.63) is 0 Å². The van der Waals surface area contributed by atoms with Crippen LogP contribution in [0.5, 0.6) is 0 Å². The molecule has 0 bridgehead atoms. The van der Waals surface area contributed by atoms with E-state index in [4.69, 9.17) is 4.74 Å². The van der Waals surface area contributed by atoms with Gasteiger partial charge in [0.2, 0.25) is 5.91 Å². The molecule has 3 heterocycles. The zero-order valence-electron chi connectivity index (χ0n) is 38.5. The van der Waals surface area contributed by atoms with Crippen molar-refractivity contribution in [3.63, 3.8) is 0 Å². The van der Waals surface area contributed by atoms with Crippen molar-refractivity contribution in [2.75, 3.05) is 24.7 Å². The summed E-state index contributed by atoms with van der Waals surface area (Å²) in [5, 5.41) is 48.4. The van der Waals surface area contributed by atoms with E-state index < -0.39 is 36.5 Å². The maximum Gasteiger partial charge on any atom is 0.315 e. The van der Waals surface area contributed by atoms with E-state index in [1.165, 1.54) is 24.6 Å². The van der Waals surface area contributed by atoms with E-state index in [1.54, 1.807) is 0 Å². The lowest BCUT2D eigenvalue weighted by molar-refractivity contribution is -0.205. The van der Waals surface area contributed by atoms with Crippen molar-refractivity contribution < 1.29 is 53.9 Å². The Balaban J connectivity index is 0.000000538. The Labute approximate surface area is 386 Å². The molecule has 14 nitrogen and oxygen atoms in total. The average molecular weight is 930 g/mol. The van der Waals surface area contributed by atoms with Crippen LogP contribution in [0.3, 0.4) is 0 Å². The van der Waals surface area contributed by atoms with Gasteiger partial charge in [0.25, 0.3) is 0 Å². The quantitative estimate of drug-likeness (QED) is 0.0259. The number of ketones is 4. The van der Waals surface area contributed by atoms with Gasteiger partial charge in [-0.15, -0.1) is 11.8 Å². The standard InChI is InChI=1S/C32H56O9S.C15H27N3O2S/c1-2-24(34)15-7-3-8-16-25(35)17-9-4-10-18-26(36)19-11-5-12-20-27(37)21-13-6-14-22-42-32-31(40)30(39)29(38)28(23-33)41-32;1-2-3-6-9-16-13(19)8-5-4-7-12-14-11(10-21-12)17-15(20)18-14/h28-33,38-40H,2-23H2,1H3;11-12,14H,2-10H2,1H3,(H,16,19)(H2,17,18,20). The maximum absolute atomic E-state index is 12.1. The molecule has 0 aliphatic carbocycles. The molecule has 0 saturated carbocycles. The van der Waals surface area contributed by atoms with Crippen molar-refractivity contribution in [3.8, 4) is 0 Å². The van der Waals surface area contributed by atoms with Crippen LogP contribution < -0.4 is 16.0 Å². The SMILES string of the molecule is CCC(=O)CCCCCC(=O)CCCCCC(=O)CCCCCC(=O)CCCCCSC1OC(CO)C(O)C(O)C1O.CCCCCNC(=O)CCCCC1SCC2NC(=O)NC21. The predicted molar refractivity (Wildman–Crippen MR) is 251 cm³/mol. The summed E-state index contributed by atoms with van der Waals surface area (Å²) >= 11 is 3.27. The van der Waals surface area contributed by atoms with Gasteiger partial charge >= 0.3 is 6.03 Å². The molecule has 0 aromatic rings. The highest BCUT2D eigenvalue weighted by molar-refractivity contribution is 8.00. The lowest BCUT2D eigenvalue weighted by atomic mass is 10.0. The number of thioether (sulfide) groups is 2. The minimum absolute atomic E-state index is 0.0262. The number of carbonyl (C=O) groups excluding carboxylic acids is 6. The van der Waals surface area contributed by atoms with Crippen LogP contribution in [0, 0.1) is 0 Å². The third-order valence-electron chi connectivity index (χ3n) is 12.0. The zero-order chi connectivity index (χ0) is 46.2. The first-order valence-electron chi connectivity index (χ1n) is 24.3. The van der Waals surface area contributed by atoms with Gasteiger partial charge in [-0.1, -0.05) is 58.8 Å². The fourth-order valence-corrected chi connectivity index (χ4v) is 10.7. The number of aliphatic hydroxyl groups excluding tert-OH is 4. The molecule has 0 aromatic heterocycles. The summed E-state index contributed by atoms with van der Waals surface area (Å²) in [4.78, 5) is 70.4. The zero-order valence-corrected chi connectivity index (χ0v) is 40.1. The highest BCUT2D eigenvalue weighted by atomic mass is 32.2. The van der Waals surface area contributed by atoms with Gasteiger partial charge in [0, 0.05) is 75.3 Å². The molecule has 8 unspecified atom stereocenters. The summed E-state index contributed by atoms with van der Waals surface area (Å²) in [5.41, 5.74) is -0.708. The molecule has 0 radical (unpaired) electrons. The largest absolute Gasteiger partial charge is 0.394 e. The molecule has 7 N–H and O–H groups in total. The van der Waals surface area contributed by atoms with Gasteiger partial charge in [-0.3, -0.25) is 24.0 Å². The number of Topliss-reactive ketones (excluding diaryl/α,β-unsaturated/α-hetero) is 4. The van der Waals surface area contributed by atoms with Crippen LogP contribution in [0.2, 0.25) is 0 Å². The molecule has 8 atom stereocenters. The van der Waals surface area contributed by atoms with Crippen molar-refractivity contribution in [2.45, 2.75) is 234 Å². The lowest BCUT2D eigenvalue weighted by Gasteiger charge is -2.39. The second-order valence-electron chi connectivity index (χ2n) is 17.5. The van der Waals surface area contributed by atoms with Crippen LogP contribution in [0.15, 0.2) is 0 Å². The number of rotatable bonds is 36. The van der Waals surface area contributed by atoms with E-state index in [0.29, 0.717) is 74.8 Å². The van der Waals surface area contributed by atoms with Crippen LogP contribution in [0.25, 0.3) is 0 Å². The Morgan fingerprint density at radius 1 is 0.651 bits per heavy atom. The van der Waals surface area contributed by atoms with E-state index in [-0.39, 0.29) is 41.1 Å². The Kier molecular flexibility index (Phi) is 31.8. The Morgan fingerprint density at radius 3 is 1.70 bits per heavy atom. The average Bonchev–Trinajstić information content (AvgIpc) is 3.83. The molecular weight excluding hydrogens is 847 g/mol. The topological polar surface area (TPSA) is 229 Å². The third kappa shape index (κ3) is 25.4. The van der Waals surface area contributed by atoms with E-state index in [1.807, 2.05) is 18.7 Å². The maximum atomic E-state index is 12.1. The summed E-state index contributed by atoms with van der Waals surface area (Å²) in [6.07, 6.45) is 17.1. The number of nitrogens with one attached hydrogen (secondary N) is 3. The summed E-state index contributed by atoms with van der Waals surface area (Å²) in [5.74, 6) is 2.93. The second kappa shape index (κ2) is 35.2. The number of urea groups is 1. The molecule has 3 rings (SSSR count). The van der Waals surface area contributed by atoms with Gasteiger partial charge in [0.15, 0.2) is 0 Å². The molecule has 16 heteroatoms. The fourth-order valence-electron chi connectivity index (χ4n) is 7.99. The fraction of sp³-hybridized carbons (Fsp3) is 0.872. The van der Waals surface area contributed by atoms with Crippen LogP contribution in [-0.2, 0) is 28.7 Å². The van der Waals surface area contributed by atoms with Gasteiger partial charge < -0.3 is 41.1 Å². The normalized spacial score (nSPS) is 23.9. The van der Waals surface area contributed by atoms with E-state index in [9.17, 15) is 49.2 Å². The Bertz CT molecular complexity index is 1330. The van der Waals surface area contributed by atoms with E-state index >= 15 is 0 Å². The van der Waals surface area contributed by atoms with Gasteiger partial charge in [0.1, 0.15) is 53.0 Å². The van der Waals surface area contributed by atoms with E-state index in [0.717, 1.165) is 115 Å². The number of hydrogen-bond donors (Lipinski definition) is 7. The second-order valence-corrected chi connectivity index (χ2v) is 20.0. The number of amides is 3. The predicted octanol–water partition coefficient (Wildman–Crippen LogP) is 6.64. The highest BCUT2D eigenvalue weighted by Crippen LogP contribution is 2.33. The lowest BCUT2D eigenvalue weighted by Crippen LogP contribution is -2.57. The molecule has 63 heavy (non-hydrogen) atoms. The van der Waals surface area contributed by atoms with Crippen LogP contribution in [-0.4, -0.2) is 127 Å². The molecule has 3 aliphatic heterocycles. The molecular formula is C47H83N3O11S2. The molecule has 0 spiro atoms. The summed E-state index contributed by atoms with van der Waals surface area (Å²) < 4.78 is 5.47. The number of aliphatic hydroxyl groups is 4. The summed E-state index contributed by atoms with van der Waals surface area (Å²) in [6, 6.07) is 0.557. The minimum Gasteiger partial charge on any atom is -0.394 e. The summed E-state index contributed by atoms with van der Waals surface area (Å²) in [7, 11) is 0. The number of carbonyl (C=O) groups is 6. The molecule has 0 aromatic carbocycles. The molecule has 3 saturated heterocycles. The van der Waals surface area contributed by atoms with Gasteiger partial charge in [-0.2, -0.15) is 11.8 Å². The van der Waals surface area contributed by atoms with Crippen LogP contribution >= 0.6 is 23.5 Å². The molecule has 3 amide bonds. The number of ether oxygens (including phenoxy) is 1. The number of fused-ring (bicyclic) bond motifs is 1.